The number of rotatable bonds is 2. The molecule has 0 aliphatic heterocycles. The Labute approximate surface area is 105 Å². The van der Waals surface area contributed by atoms with Gasteiger partial charge in [-0.2, -0.15) is 5.26 Å². The van der Waals surface area contributed by atoms with Gasteiger partial charge < -0.3 is 0 Å². The Morgan fingerprint density at radius 1 is 1.33 bits per heavy atom. The van der Waals surface area contributed by atoms with Crippen LogP contribution < -0.4 is 5.56 Å². The van der Waals surface area contributed by atoms with Crippen molar-refractivity contribution < 1.29 is 0 Å². The summed E-state index contributed by atoms with van der Waals surface area (Å²) < 4.78 is 1.42. The zero-order valence-electron chi connectivity index (χ0n) is 10.3. The van der Waals surface area contributed by atoms with Gasteiger partial charge >= 0.3 is 0 Å². The van der Waals surface area contributed by atoms with Crippen LogP contribution in [0.5, 0.6) is 0 Å². The number of nitriles is 1. The van der Waals surface area contributed by atoms with E-state index < -0.39 is 0 Å². The zero-order valence-corrected chi connectivity index (χ0v) is 10.3. The van der Waals surface area contributed by atoms with Crippen molar-refractivity contribution in [2.75, 3.05) is 0 Å². The Morgan fingerprint density at radius 2 is 2.11 bits per heavy atom. The fraction of sp³-hybridized carbons (Fsp3) is 0.214. The standard InChI is InChI=1S/C14H13N3O/c1-10(2)12-6-4-8-17(14(12)18)13-11(9-15)5-3-7-16-13/h3-8,10H,1-2H3. The van der Waals surface area contributed by atoms with Crippen LogP contribution in [0.2, 0.25) is 0 Å². The molecule has 4 heteroatoms. The van der Waals surface area contributed by atoms with Crippen LogP contribution in [0.25, 0.3) is 5.82 Å². The SMILES string of the molecule is CC(C)c1cccn(-c2ncccc2C#N)c1=O. The van der Waals surface area contributed by atoms with E-state index in [1.54, 1.807) is 36.7 Å². The quantitative estimate of drug-likeness (QED) is 0.807. The lowest BCUT2D eigenvalue weighted by Crippen LogP contribution is -2.23. The van der Waals surface area contributed by atoms with Crippen LogP contribution in [0.3, 0.4) is 0 Å². The minimum Gasteiger partial charge on any atom is -0.269 e. The van der Waals surface area contributed by atoms with E-state index in [0.717, 1.165) is 0 Å². The maximum atomic E-state index is 12.3. The minimum atomic E-state index is -0.122. The monoisotopic (exact) mass is 239 g/mol. The first-order valence-corrected chi connectivity index (χ1v) is 5.72. The van der Waals surface area contributed by atoms with E-state index in [2.05, 4.69) is 4.98 Å². The van der Waals surface area contributed by atoms with Crippen LogP contribution in [-0.4, -0.2) is 9.55 Å². The molecule has 2 heterocycles. The van der Waals surface area contributed by atoms with Crippen LogP contribution >= 0.6 is 0 Å². The molecule has 4 nitrogen and oxygen atoms in total. The molecule has 0 aromatic carbocycles. The summed E-state index contributed by atoms with van der Waals surface area (Å²) in [4.78, 5) is 16.4. The molecule has 0 bridgehead atoms. The second-order valence-electron chi connectivity index (χ2n) is 4.28. The molecule has 0 saturated carbocycles. The molecule has 0 unspecified atom stereocenters. The van der Waals surface area contributed by atoms with Gasteiger partial charge in [-0.15, -0.1) is 0 Å². The van der Waals surface area contributed by atoms with Gasteiger partial charge in [0.2, 0.25) is 0 Å². The van der Waals surface area contributed by atoms with Gasteiger partial charge in [-0.25, -0.2) is 4.98 Å². The third kappa shape index (κ3) is 2.03. The minimum absolute atomic E-state index is 0.122. The molecule has 2 aromatic heterocycles. The van der Waals surface area contributed by atoms with E-state index in [-0.39, 0.29) is 11.5 Å². The molecule has 0 N–H and O–H groups in total. The van der Waals surface area contributed by atoms with Crippen LogP contribution in [0.15, 0.2) is 41.5 Å². The summed E-state index contributed by atoms with van der Waals surface area (Å²) >= 11 is 0. The second-order valence-corrected chi connectivity index (χ2v) is 4.28. The van der Waals surface area contributed by atoms with E-state index in [0.29, 0.717) is 16.9 Å². The summed E-state index contributed by atoms with van der Waals surface area (Å²) in [6, 6.07) is 8.98. The topological polar surface area (TPSA) is 58.7 Å². The summed E-state index contributed by atoms with van der Waals surface area (Å²) in [5.41, 5.74) is 0.982. The molecule has 2 aromatic rings. The highest BCUT2D eigenvalue weighted by atomic mass is 16.1. The lowest BCUT2D eigenvalue weighted by molar-refractivity contribution is 0.811. The van der Waals surface area contributed by atoms with E-state index in [1.165, 1.54) is 4.57 Å². The van der Waals surface area contributed by atoms with Gasteiger partial charge in [-0.3, -0.25) is 9.36 Å². The molecule has 0 radical (unpaired) electrons. The second kappa shape index (κ2) is 4.84. The summed E-state index contributed by atoms with van der Waals surface area (Å²) in [6.45, 7) is 3.93. The molecular formula is C14H13N3O. The zero-order chi connectivity index (χ0) is 13.1. The van der Waals surface area contributed by atoms with Crippen molar-refractivity contribution in [2.45, 2.75) is 19.8 Å². The van der Waals surface area contributed by atoms with Crippen LogP contribution in [0, 0.1) is 11.3 Å². The number of pyridine rings is 2. The van der Waals surface area contributed by atoms with Gasteiger partial charge in [0.05, 0.1) is 5.56 Å². The van der Waals surface area contributed by atoms with Gasteiger partial charge in [-0.05, 0) is 24.1 Å². The predicted molar refractivity (Wildman–Crippen MR) is 68.6 cm³/mol. The molecule has 90 valence electrons. The van der Waals surface area contributed by atoms with Crippen molar-refractivity contribution in [1.29, 1.82) is 5.26 Å². The van der Waals surface area contributed by atoms with Gasteiger partial charge in [0.25, 0.3) is 5.56 Å². The highest BCUT2D eigenvalue weighted by molar-refractivity contribution is 5.43. The third-order valence-corrected chi connectivity index (χ3v) is 2.73. The predicted octanol–water partition coefficient (Wildman–Crippen LogP) is 2.23. The van der Waals surface area contributed by atoms with Gasteiger partial charge in [0.15, 0.2) is 5.82 Å². The molecule has 0 fully saturated rings. The lowest BCUT2D eigenvalue weighted by atomic mass is 10.1. The van der Waals surface area contributed by atoms with E-state index >= 15 is 0 Å². The Bertz CT molecular complexity index is 665. The number of nitrogens with zero attached hydrogens (tertiary/aromatic N) is 3. The fourth-order valence-corrected chi connectivity index (χ4v) is 1.79. The fourth-order valence-electron chi connectivity index (χ4n) is 1.79. The molecule has 2 rings (SSSR count). The summed E-state index contributed by atoms with van der Waals surface area (Å²) in [5.74, 6) is 0.520. The van der Waals surface area contributed by atoms with E-state index in [4.69, 9.17) is 5.26 Å². The maximum absolute atomic E-state index is 12.3. The molecule has 0 spiro atoms. The molecule has 0 atom stereocenters. The smallest absolute Gasteiger partial charge is 0.259 e. The Morgan fingerprint density at radius 3 is 2.78 bits per heavy atom. The first-order chi connectivity index (χ1) is 8.65. The third-order valence-electron chi connectivity index (χ3n) is 2.73. The molecule has 0 aliphatic rings. The Balaban J connectivity index is 2.70. The first-order valence-electron chi connectivity index (χ1n) is 5.72. The molecule has 0 aliphatic carbocycles. The Hall–Kier alpha value is -2.41. The highest BCUT2D eigenvalue weighted by Gasteiger charge is 2.11. The van der Waals surface area contributed by atoms with Crippen molar-refractivity contribution in [2.24, 2.45) is 0 Å². The summed E-state index contributed by atoms with van der Waals surface area (Å²) in [6.07, 6.45) is 3.21. The average Bonchev–Trinajstić information content (AvgIpc) is 2.38. The van der Waals surface area contributed by atoms with Crippen molar-refractivity contribution in [3.63, 3.8) is 0 Å². The van der Waals surface area contributed by atoms with Gasteiger partial charge in [0, 0.05) is 18.0 Å². The van der Waals surface area contributed by atoms with Crippen molar-refractivity contribution in [3.05, 3.63) is 58.1 Å². The Kier molecular flexibility index (Phi) is 3.24. The highest BCUT2D eigenvalue weighted by Crippen LogP contribution is 2.12. The normalized spacial score (nSPS) is 10.3. The lowest BCUT2D eigenvalue weighted by Gasteiger charge is -2.10. The molecular weight excluding hydrogens is 226 g/mol. The molecule has 0 amide bonds. The van der Waals surface area contributed by atoms with Crippen LogP contribution in [0.1, 0.15) is 30.9 Å². The van der Waals surface area contributed by atoms with Crippen LogP contribution in [-0.2, 0) is 0 Å². The largest absolute Gasteiger partial charge is 0.269 e. The van der Waals surface area contributed by atoms with E-state index in [9.17, 15) is 4.79 Å². The van der Waals surface area contributed by atoms with Crippen molar-refractivity contribution in [1.82, 2.24) is 9.55 Å². The van der Waals surface area contributed by atoms with Gasteiger partial charge in [0.1, 0.15) is 6.07 Å². The molecule has 18 heavy (non-hydrogen) atoms. The van der Waals surface area contributed by atoms with E-state index in [1.807, 2.05) is 19.9 Å². The first kappa shape index (κ1) is 12.1. The van der Waals surface area contributed by atoms with Crippen molar-refractivity contribution >= 4 is 0 Å². The number of hydrogen-bond donors (Lipinski definition) is 0. The molecule has 0 saturated heterocycles. The summed E-state index contributed by atoms with van der Waals surface area (Å²) in [7, 11) is 0. The average molecular weight is 239 g/mol. The van der Waals surface area contributed by atoms with Crippen molar-refractivity contribution in [3.8, 4) is 11.9 Å². The number of hydrogen-bond acceptors (Lipinski definition) is 3. The maximum Gasteiger partial charge on any atom is 0.259 e. The van der Waals surface area contributed by atoms with Crippen LogP contribution in [0.4, 0.5) is 0 Å². The summed E-state index contributed by atoms with van der Waals surface area (Å²) in [5, 5.41) is 9.04. The number of aromatic nitrogens is 2. The van der Waals surface area contributed by atoms with Gasteiger partial charge in [-0.1, -0.05) is 19.9 Å².